The number of fused-ring (bicyclic) bond motifs is 1. The fourth-order valence-corrected chi connectivity index (χ4v) is 2.48. The second-order valence-corrected chi connectivity index (χ2v) is 4.45. The van der Waals surface area contributed by atoms with Crippen molar-refractivity contribution in [2.45, 2.75) is 0 Å². The molecule has 0 aliphatic rings. The Bertz CT molecular complexity index is 668. The third-order valence-corrected chi connectivity index (χ3v) is 3.35. The van der Waals surface area contributed by atoms with Crippen molar-refractivity contribution in [2.24, 2.45) is 0 Å². The third-order valence-electron chi connectivity index (χ3n) is 2.24. The highest BCUT2D eigenvalue weighted by molar-refractivity contribution is 7.22. The van der Waals surface area contributed by atoms with E-state index in [1.54, 1.807) is 0 Å². The molecule has 0 unspecified atom stereocenters. The molecular formula is C11H6N2O3S. The quantitative estimate of drug-likeness (QED) is 0.752. The van der Waals surface area contributed by atoms with Gasteiger partial charge in [0.05, 0.1) is 4.88 Å². The molecule has 0 aliphatic heterocycles. The normalized spacial score (nSPS) is 10.8. The molecule has 84 valence electrons. The van der Waals surface area contributed by atoms with Gasteiger partial charge >= 0.3 is 11.9 Å². The Kier molecular flexibility index (Phi) is 2.15. The molecule has 1 aromatic carbocycles. The third kappa shape index (κ3) is 1.68. The number of rotatable bonds is 2. The Balaban J connectivity index is 2.10. The summed E-state index contributed by atoms with van der Waals surface area (Å²) in [4.78, 5) is 11.4. The van der Waals surface area contributed by atoms with E-state index in [4.69, 9.17) is 9.52 Å². The van der Waals surface area contributed by atoms with Gasteiger partial charge in [-0.2, -0.15) is 0 Å². The summed E-state index contributed by atoms with van der Waals surface area (Å²) in [6.45, 7) is 0. The highest BCUT2D eigenvalue weighted by Crippen LogP contribution is 2.32. The molecule has 1 N–H and O–H groups in total. The van der Waals surface area contributed by atoms with E-state index in [0.29, 0.717) is 0 Å². The number of thiophene rings is 1. The minimum atomic E-state index is -1.22. The molecule has 0 radical (unpaired) electrons. The van der Waals surface area contributed by atoms with Crippen molar-refractivity contribution in [3.8, 4) is 10.8 Å². The van der Waals surface area contributed by atoms with E-state index in [1.807, 2.05) is 30.3 Å². The van der Waals surface area contributed by atoms with Crippen LogP contribution in [0.3, 0.4) is 0 Å². The zero-order valence-electron chi connectivity index (χ0n) is 8.45. The van der Waals surface area contributed by atoms with Crippen molar-refractivity contribution in [1.82, 2.24) is 10.2 Å². The van der Waals surface area contributed by atoms with Gasteiger partial charge in [0.15, 0.2) is 0 Å². The number of aromatic nitrogens is 2. The first-order valence-corrected chi connectivity index (χ1v) is 5.61. The molecule has 0 saturated heterocycles. The fourth-order valence-electron chi connectivity index (χ4n) is 1.50. The molecule has 5 nitrogen and oxygen atoms in total. The van der Waals surface area contributed by atoms with Gasteiger partial charge < -0.3 is 9.52 Å². The first-order chi connectivity index (χ1) is 8.24. The van der Waals surface area contributed by atoms with E-state index in [1.165, 1.54) is 11.3 Å². The summed E-state index contributed by atoms with van der Waals surface area (Å²) in [6, 6.07) is 9.75. The van der Waals surface area contributed by atoms with E-state index in [2.05, 4.69) is 10.2 Å². The molecular weight excluding hydrogens is 240 g/mol. The van der Waals surface area contributed by atoms with Crippen LogP contribution >= 0.6 is 11.3 Å². The van der Waals surface area contributed by atoms with Crippen LogP contribution in [0.1, 0.15) is 10.7 Å². The van der Waals surface area contributed by atoms with Gasteiger partial charge in [-0.1, -0.05) is 18.2 Å². The largest absolute Gasteiger partial charge is 0.474 e. The van der Waals surface area contributed by atoms with Crippen molar-refractivity contribution in [2.75, 3.05) is 0 Å². The zero-order valence-corrected chi connectivity index (χ0v) is 9.27. The summed E-state index contributed by atoms with van der Waals surface area (Å²) in [6.07, 6.45) is 0. The molecule has 3 rings (SSSR count). The van der Waals surface area contributed by atoms with Crippen LogP contribution in [0.5, 0.6) is 0 Å². The van der Waals surface area contributed by atoms with Gasteiger partial charge in [-0.3, -0.25) is 0 Å². The molecule has 0 amide bonds. The van der Waals surface area contributed by atoms with Gasteiger partial charge in [0.2, 0.25) is 0 Å². The Morgan fingerprint density at radius 1 is 1.29 bits per heavy atom. The number of nitrogens with zero attached hydrogens (tertiary/aromatic N) is 2. The van der Waals surface area contributed by atoms with Crippen LogP contribution < -0.4 is 0 Å². The van der Waals surface area contributed by atoms with Gasteiger partial charge in [0.1, 0.15) is 0 Å². The number of hydrogen-bond donors (Lipinski definition) is 1. The van der Waals surface area contributed by atoms with Crippen LogP contribution in [-0.4, -0.2) is 21.3 Å². The van der Waals surface area contributed by atoms with Gasteiger partial charge in [-0.05, 0) is 17.5 Å². The van der Waals surface area contributed by atoms with Gasteiger partial charge in [-0.15, -0.1) is 21.5 Å². The molecule has 0 aliphatic carbocycles. The summed E-state index contributed by atoms with van der Waals surface area (Å²) < 4.78 is 6.14. The van der Waals surface area contributed by atoms with E-state index in [9.17, 15) is 4.79 Å². The summed E-state index contributed by atoms with van der Waals surface area (Å²) in [5, 5.41) is 16.9. The van der Waals surface area contributed by atoms with Crippen molar-refractivity contribution in [3.05, 3.63) is 36.2 Å². The van der Waals surface area contributed by atoms with Crippen molar-refractivity contribution in [1.29, 1.82) is 0 Å². The molecule has 2 aromatic heterocycles. The number of hydrogen-bond acceptors (Lipinski definition) is 5. The maximum atomic E-state index is 10.6. The van der Waals surface area contributed by atoms with Gasteiger partial charge in [-0.25, -0.2) is 4.79 Å². The zero-order chi connectivity index (χ0) is 11.8. The van der Waals surface area contributed by atoms with E-state index in [-0.39, 0.29) is 5.89 Å². The Morgan fingerprint density at radius 2 is 2.12 bits per heavy atom. The summed E-state index contributed by atoms with van der Waals surface area (Å²) in [5.74, 6) is -1.37. The maximum absolute atomic E-state index is 10.6. The lowest BCUT2D eigenvalue weighted by atomic mass is 10.2. The second kappa shape index (κ2) is 3.67. The molecule has 3 aromatic rings. The topological polar surface area (TPSA) is 76.2 Å². The number of carboxylic acids is 1. The predicted octanol–water partition coefficient (Wildman–Crippen LogP) is 2.65. The molecule has 0 saturated carbocycles. The monoisotopic (exact) mass is 246 g/mol. The average Bonchev–Trinajstić information content (AvgIpc) is 2.95. The smallest absolute Gasteiger partial charge is 0.393 e. The van der Waals surface area contributed by atoms with Crippen LogP contribution in [-0.2, 0) is 0 Å². The van der Waals surface area contributed by atoms with Crippen LogP contribution in [0, 0.1) is 0 Å². The number of benzene rings is 1. The lowest BCUT2D eigenvalue weighted by Gasteiger charge is -1.84. The van der Waals surface area contributed by atoms with Crippen LogP contribution in [0.15, 0.2) is 34.7 Å². The Hall–Kier alpha value is -2.21. The van der Waals surface area contributed by atoms with Crippen molar-refractivity contribution < 1.29 is 14.3 Å². The molecule has 0 fully saturated rings. The minimum absolute atomic E-state index is 0.239. The van der Waals surface area contributed by atoms with Crippen LogP contribution in [0.2, 0.25) is 0 Å². The minimum Gasteiger partial charge on any atom is -0.474 e. The fraction of sp³-hybridized carbons (Fsp3) is 0. The number of aromatic carboxylic acids is 1. The SMILES string of the molecule is O=C(O)c1nnc(-c2cc3ccccc3s2)o1. The lowest BCUT2D eigenvalue weighted by molar-refractivity contribution is 0.0654. The summed E-state index contributed by atoms with van der Waals surface area (Å²) >= 11 is 1.49. The Labute approximate surface area is 99.3 Å². The molecule has 0 bridgehead atoms. The molecule has 2 heterocycles. The summed E-state index contributed by atoms with van der Waals surface area (Å²) in [5.41, 5.74) is 0. The molecule has 0 atom stereocenters. The van der Waals surface area contributed by atoms with Crippen LogP contribution in [0.4, 0.5) is 0 Å². The predicted molar refractivity (Wildman–Crippen MR) is 62.1 cm³/mol. The Morgan fingerprint density at radius 3 is 2.82 bits per heavy atom. The molecule has 0 spiro atoms. The highest BCUT2D eigenvalue weighted by Gasteiger charge is 2.15. The number of carboxylic acid groups (broad SMARTS) is 1. The van der Waals surface area contributed by atoms with E-state index >= 15 is 0 Å². The van der Waals surface area contributed by atoms with Crippen molar-refractivity contribution in [3.63, 3.8) is 0 Å². The highest BCUT2D eigenvalue weighted by atomic mass is 32.1. The average molecular weight is 246 g/mol. The van der Waals surface area contributed by atoms with Crippen molar-refractivity contribution >= 4 is 27.4 Å². The van der Waals surface area contributed by atoms with Gasteiger partial charge in [0, 0.05) is 4.70 Å². The lowest BCUT2D eigenvalue weighted by Crippen LogP contribution is -1.95. The van der Waals surface area contributed by atoms with Crippen LogP contribution in [0.25, 0.3) is 20.9 Å². The first kappa shape index (κ1) is 9.98. The number of carbonyl (C=O) groups is 1. The van der Waals surface area contributed by atoms with Gasteiger partial charge in [0.25, 0.3) is 5.89 Å². The first-order valence-electron chi connectivity index (χ1n) is 4.80. The molecule has 17 heavy (non-hydrogen) atoms. The maximum Gasteiger partial charge on any atom is 0.393 e. The standard InChI is InChI=1S/C11H6N2O3S/c14-11(15)10-13-12-9(16-10)8-5-6-3-1-2-4-7(6)17-8/h1-5H,(H,14,15). The molecule has 6 heteroatoms. The second-order valence-electron chi connectivity index (χ2n) is 3.37. The van der Waals surface area contributed by atoms with E-state index in [0.717, 1.165) is 15.0 Å². The van der Waals surface area contributed by atoms with E-state index < -0.39 is 11.9 Å². The summed E-state index contributed by atoms with van der Waals surface area (Å²) in [7, 11) is 0.